The van der Waals surface area contributed by atoms with E-state index in [0.29, 0.717) is 11.3 Å². The molecule has 102 valence electrons. The van der Waals surface area contributed by atoms with Gasteiger partial charge in [-0.25, -0.2) is 0 Å². The van der Waals surface area contributed by atoms with Gasteiger partial charge in [0.15, 0.2) is 0 Å². The summed E-state index contributed by atoms with van der Waals surface area (Å²) in [5.41, 5.74) is -0.502. The predicted octanol–water partition coefficient (Wildman–Crippen LogP) is 2.97. The summed E-state index contributed by atoms with van der Waals surface area (Å²) in [5.74, 6) is 0. The van der Waals surface area contributed by atoms with Gasteiger partial charge in [-0.1, -0.05) is 19.1 Å². The lowest BCUT2D eigenvalue weighted by Gasteiger charge is -2.24. The lowest BCUT2D eigenvalue weighted by molar-refractivity contribution is -0.387. The first-order valence-corrected chi connectivity index (χ1v) is 6.80. The Balaban J connectivity index is 2.81. The summed E-state index contributed by atoms with van der Waals surface area (Å²) in [6, 6.07) is 8.89. The smallest absolute Gasteiger partial charge is 0.282 e. The molecule has 1 N–H and O–H groups in total. The summed E-state index contributed by atoms with van der Waals surface area (Å²) in [7, 11) is 1.74. The molecule has 2 unspecified atom stereocenters. The van der Waals surface area contributed by atoms with E-state index in [-0.39, 0.29) is 15.9 Å². The summed E-state index contributed by atoms with van der Waals surface area (Å²) >= 11 is 1.42. The minimum Gasteiger partial charge on any atom is -0.303 e. The zero-order chi connectivity index (χ0) is 14.5. The van der Waals surface area contributed by atoms with E-state index in [1.54, 1.807) is 25.2 Å². The maximum absolute atomic E-state index is 10.9. The molecular formula is C13H17N3O2S. The molecule has 6 heteroatoms. The zero-order valence-electron chi connectivity index (χ0n) is 11.2. The number of nitriles is 1. The number of nitrogens with one attached hydrogen (secondary N) is 1. The average molecular weight is 279 g/mol. The van der Waals surface area contributed by atoms with Gasteiger partial charge >= 0.3 is 0 Å². The third-order valence-corrected chi connectivity index (χ3v) is 4.05. The Morgan fingerprint density at radius 2 is 2.21 bits per heavy atom. The first kappa shape index (κ1) is 15.5. The van der Waals surface area contributed by atoms with Crippen molar-refractivity contribution in [2.75, 3.05) is 7.05 Å². The van der Waals surface area contributed by atoms with Gasteiger partial charge in [0.1, 0.15) is 5.54 Å². The Hall–Kier alpha value is -1.58. The summed E-state index contributed by atoms with van der Waals surface area (Å²) in [4.78, 5) is 11.2. The number of thioether (sulfide) groups is 1. The van der Waals surface area contributed by atoms with Gasteiger partial charge in [-0.3, -0.25) is 10.1 Å². The summed E-state index contributed by atoms with van der Waals surface area (Å²) in [5, 5.41) is 23.1. The van der Waals surface area contributed by atoms with Gasteiger partial charge in [-0.05, 0) is 26.5 Å². The maximum Gasteiger partial charge on any atom is 0.282 e. The molecule has 2 atom stereocenters. The Morgan fingerprint density at radius 1 is 1.58 bits per heavy atom. The van der Waals surface area contributed by atoms with Crippen molar-refractivity contribution in [3.63, 3.8) is 0 Å². The Morgan fingerprint density at radius 3 is 2.74 bits per heavy atom. The Kier molecular flexibility index (Phi) is 5.33. The fraction of sp³-hybridized carbons (Fsp3) is 0.462. The topological polar surface area (TPSA) is 79.0 Å². The number of rotatable bonds is 6. The van der Waals surface area contributed by atoms with Crippen LogP contribution in [0, 0.1) is 21.4 Å². The molecule has 0 aliphatic heterocycles. The van der Waals surface area contributed by atoms with Gasteiger partial charge in [0.25, 0.3) is 5.69 Å². The van der Waals surface area contributed by atoms with Crippen molar-refractivity contribution >= 4 is 17.4 Å². The monoisotopic (exact) mass is 279 g/mol. The van der Waals surface area contributed by atoms with E-state index in [4.69, 9.17) is 5.26 Å². The second-order valence-electron chi connectivity index (χ2n) is 4.55. The molecular weight excluding hydrogens is 262 g/mol. The SMILES string of the molecule is CNC(C)(C#N)CC(C)Sc1ccccc1[N+](=O)[O-]. The highest BCUT2D eigenvalue weighted by Crippen LogP contribution is 2.34. The number of hydrogen-bond acceptors (Lipinski definition) is 5. The van der Waals surface area contributed by atoms with E-state index < -0.39 is 5.54 Å². The summed E-state index contributed by atoms with van der Waals surface area (Å²) in [6.07, 6.45) is 0.608. The van der Waals surface area contributed by atoms with Crippen molar-refractivity contribution in [1.82, 2.24) is 5.32 Å². The highest BCUT2D eigenvalue weighted by Gasteiger charge is 2.26. The van der Waals surface area contributed by atoms with E-state index in [2.05, 4.69) is 11.4 Å². The molecule has 5 nitrogen and oxygen atoms in total. The molecule has 0 spiro atoms. The van der Waals surface area contributed by atoms with Crippen molar-refractivity contribution in [2.24, 2.45) is 0 Å². The summed E-state index contributed by atoms with van der Waals surface area (Å²) < 4.78 is 0. The molecule has 0 heterocycles. The van der Waals surface area contributed by atoms with Gasteiger partial charge in [0, 0.05) is 11.3 Å². The molecule has 0 fully saturated rings. The van der Waals surface area contributed by atoms with Crippen molar-refractivity contribution in [2.45, 2.75) is 36.0 Å². The fourth-order valence-electron chi connectivity index (χ4n) is 1.74. The second kappa shape index (κ2) is 6.55. The van der Waals surface area contributed by atoms with Crippen molar-refractivity contribution in [1.29, 1.82) is 5.26 Å². The molecule has 1 rings (SSSR count). The standard InChI is InChI=1S/C13H17N3O2S/c1-10(8-13(2,9-14)15-3)19-12-7-5-4-6-11(12)16(17)18/h4-7,10,15H,8H2,1-3H3. The zero-order valence-corrected chi connectivity index (χ0v) is 12.0. The van der Waals surface area contributed by atoms with E-state index in [0.717, 1.165) is 0 Å². The van der Waals surface area contributed by atoms with Gasteiger partial charge in [0.2, 0.25) is 0 Å². The van der Waals surface area contributed by atoms with Crippen LogP contribution in [0.4, 0.5) is 5.69 Å². The molecule has 1 aromatic carbocycles. The van der Waals surface area contributed by atoms with Crippen LogP contribution in [0.15, 0.2) is 29.2 Å². The average Bonchev–Trinajstić information content (AvgIpc) is 2.38. The molecule has 0 aliphatic rings. The first-order chi connectivity index (χ1) is 8.91. The third kappa shape index (κ3) is 4.23. The second-order valence-corrected chi connectivity index (χ2v) is 6.03. The highest BCUT2D eigenvalue weighted by molar-refractivity contribution is 8.00. The number of benzene rings is 1. The lowest BCUT2D eigenvalue weighted by atomic mass is 9.98. The molecule has 0 bridgehead atoms. The molecule has 0 aromatic heterocycles. The van der Waals surface area contributed by atoms with Crippen LogP contribution in [0.25, 0.3) is 0 Å². The Bertz CT molecular complexity index is 501. The van der Waals surface area contributed by atoms with Crippen LogP contribution < -0.4 is 5.32 Å². The largest absolute Gasteiger partial charge is 0.303 e. The van der Waals surface area contributed by atoms with E-state index in [1.807, 2.05) is 13.8 Å². The minimum atomic E-state index is -0.615. The van der Waals surface area contributed by atoms with E-state index in [9.17, 15) is 10.1 Å². The van der Waals surface area contributed by atoms with Crippen molar-refractivity contribution < 1.29 is 4.92 Å². The minimum absolute atomic E-state index is 0.0956. The third-order valence-electron chi connectivity index (χ3n) is 2.88. The first-order valence-electron chi connectivity index (χ1n) is 5.92. The number of nitrogens with zero attached hydrogens (tertiary/aromatic N) is 2. The molecule has 1 aromatic rings. The summed E-state index contributed by atoms with van der Waals surface area (Å²) in [6.45, 7) is 3.79. The Labute approximate surface area is 117 Å². The molecule has 0 amide bonds. The van der Waals surface area contributed by atoms with Crippen LogP contribution in [-0.4, -0.2) is 22.8 Å². The van der Waals surface area contributed by atoms with Gasteiger partial charge in [-0.2, -0.15) is 5.26 Å². The number of para-hydroxylation sites is 1. The molecule has 0 radical (unpaired) electrons. The quantitative estimate of drug-likeness (QED) is 0.492. The van der Waals surface area contributed by atoms with Crippen LogP contribution in [-0.2, 0) is 0 Å². The predicted molar refractivity (Wildman–Crippen MR) is 76.1 cm³/mol. The number of nitro benzene ring substituents is 1. The van der Waals surface area contributed by atoms with Gasteiger partial charge < -0.3 is 5.32 Å². The van der Waals surface area contributed by atoms with Crippen LogP contribution in [0.5, 0.6) is 0 Å². The molecule has 19 heavy (non-hydrogen) atoms. The van der Waals surface area contributed by atoms with E-state index >= 15 is 0 Å². The van der Waals surface area contributed by atoms with Crippen LogP contribution in [0.2, 0.25) is 0 Å². The lowest BCUT2D eigenvalue weighted by Crippen LogP contribution is -2.40. The molecule has 0 aliphatic carbocycles. The van der Waals surface area contributed by atoms with Crippen LogP contribution in [0.3, 0.4) is 0 Å². The number of nitro groups is 1. The van der Waals surface area contributed by atoms with Crippen molar-refractivity contribution in [3.05, 3.63) is 34.4 Å². The number of hydrogen-bond donors (Lipinski definition) is 1. The van der Waals surface area contributed by atoms with Crippen LogP contribution >= 0.6 is 11.8 Å². The highest BCUT2D eigenvalue weighted by atomic mass is 32.2. The molecule has 0 saturated heterocycles. The fourth-order valence-corrected chi connectivity index (χ4v) is 3.02. The van der Waals surface area contributed by atoms with Crippen LogP contribution in [0.1, 0.15) is 20.3 Å². The molecule has 0 saturated carbocycles. The normalized spacial score (nSPS) is 15.3. The van der Waals surface area contributed by atoms with Gasteiger partial charge in [0.05, 0.1) is 15.9 Å². The maximum atomic E-state index is 10.9. The van der Waals surface area contributed by atoms with Gasteiger partial charge in [-0.15, -0.1) is 11.8 Å². The van der Waals surface area contributed by atoms with Crippen molar-refractivity contribution in [3.8, 4) is 6.07 Å². The van der Waals surface area contributed by atoms with E-state index in [1.165, 1.54) is 17.8 Å².